The first-order valence-electron chi connectivity index (χ1n) is 8.25. The molecule has 0 aliphatic carbocycles. The van der Waals surface area contributed by atoms with Crippen LogP contribution in [0.4, 0.5) is 5.69 Å². The highest BCUT2D eigenvalue weighted by Gasteiger charge is 2.23. The molecule has 0 unspecified atom stereocenters. The monoisotopic (exact) mass is 480 g/mol. The van der Waals surface area contributed by atoms with Gasteiger partial charge in [0.2, 0.25) is 15.9 Å². The first kappa shape index (κ1) is 23.2. The van der Waals surface area contributed by atoms with Crippen LogP contribution < -0.4 is 9.62 Å². The Labute approximate surface area is 184 Å². The van der Waals surface area contributed by atoms with Crippen LogP contribution in [0.1, 0.15) is 6.42 Å². The highest BCUT2D eigenvalue weighted by molar-refractivity contribution is 7.99. The maximum atomic E-state index is 12.2. The minimum Gasteiger partial charge on any atom is -0.354 e. The van der Waals surface area contributed by atoms with Crippen molar-refractivity contribution in [2.75, 3.05) is 29.4 Å². The Hall–Kier alpha value is -1.12. The molecule has 1 amide bonds. The van der Waals surface area contributed by atoms with E-state index >= 15 is 0 Å². The predicted octanol–water partition coefficient (Wildman–Crippen LogP) is 4.71. The number of benzene rings is 2. The molecule has 1 N–H and O–H groups in total. The number of halogens is 3. The van der Waals surface area contributed by atoms with E-state index in [2.05, 4.69) is 5.32 Å². The number of carbonyl (C=O) groups is 1. The smallest absolute Gasteiger partial charge is 0.240 e. The van der Waals surface area contributed by atoms with Crippen molar-refractivity contribution in [2.45, 2.75) is 11.3 Å². The SMILES string of the molecule is CS(=O)(=O)N(CC(=O)NCCCSc1ccc(Cl)cc1)c1cccc(Cl)c1Cl. The maximum Gasteiger partial charge on any atom is 0.240 e. The van der Waals surface area contributed by atoms with Crippen LogP contribution in [0.2, 0.25) is 15.1 Å². The molecule has 2 aromatic carbocycles. The zero-order valence-electron chi connectivity index (χ0n) is 15.0. The molecule has 152 valence electrons. The Kier molecular flexibility index (Phi) is 8.77. The number of anilines is 1. The van der Waals surface area contributed by atoms with E-state index in [1.54, 1.807) is 23.9 Å². The van der Waals surface area contributed by atoms with Gasteiger partial charge in [0.05, 0.1) is 22.0 Å². The molecule has 28 heavy (non-hydrogen) atoms. The minimum absolute atomic E-state index is 0.0850. The molecule has 0 bridgehead atoms. The molecule has 0 aliphatic heterocycles. The van der Waals surface area contributed by atoms with Gasteiger partial charge < -0.3 is 5.32 Å². The lowest BCUT2D eigenvalue weighted by Gasteiger charge is -2.23. The average molecular weight is 482 g/mol. The second-order valence-corrected chi connectivity index (χ2v) is 10.1. The molecule has 0 spiro atoms. The fraction of sp³-hybridized carbons (Fsp3) is 0.278. The summed E-state index contributed by atoms with van der Waals surface area (Å²) in [4.78, 5) is 13.3. The van der Waals surface area contributed by atoms with E-state index in [1.807, 2.05) is 24.3 Å². The summed E-state index contributed by atoms with van der Waals surface area (Å²) in [5, 5.41) is 3.72. The van der Waals surface area contributed by atoms with Gasteiger partial charge in [0.15, 0.2) is 0 Å². The average Bonchev–Trinajstić information content (AvgIpc) is 2.63. The summed E-state index contributed by atoms with van der Waals surface area (Å²) in [5.74, 6) is 0.385. The lowest BCUT2D eigenvalue weighted by atomic mass is 10.3. The molecule has 2 aromatic rings. The number of hydrogen-bond donors (Lipinski definition) is 1. The summed E-state index contributed by atoms with van der Waals surface area (Å²) < 4.78 is 25.2. The number of sulfonamides is 1. The Balaban J connectivity index is 1.87. The summed E-state index contributed by atoms with van der Waals surface area (Å²) in [7, 11) is -3.71. The molecular weight excluding hydrogens is 463 g/mol. The minimum atomic E-state index is -3.71. The van der Waals surface area contributed by atoms with Crippen molar-refractivity contribution in [1.82, 2.24) is 5.32 Å². The highest BCUT2D eigenvalue weighted by Crippen LogP contribution is 2.33. The molecule has 0 atom stereocenters. The first-order chi connectivity index (χ1) is 13.2. The van der Waals surface area contributed by atoms with Crippen LogP contribution in [0, 0.1) is 0 Å². The highest BCUT2D eigenvalue weighted by atomic mass is 35.5. The topological polar surface area (TPSA) is 66.5 Å². The van der Waals surface area contributed by atoms with Crippen molar-refractivity contribution < 1.29 is 13.2 Å². The number of nitrogens with one attached hydrogen (secondary N) is 1. The molecule has 2 rings (SSSR count). The van der Waals surface area contributed by atoms with Crippen LogP contribution in [0.25, 0.3) is 0 Å². The predicted molar refractivity (Wildman–Crippen MR) is 118 cm³/mol. The largest absolute Gasteiger partial charge is 0.354 e. The maximum absolute atomic E-state index is 12.2. The van der Waals surface area contributed by atoms with Crippen LogP contribution in [0.5, 0.6) is 0 Å². The second kappa shape index (κ2) is 10.6. The van der Waals surface area contributed by atoms with Gasteiger partial charge in [-0.05, 0) is 48.6 Å². The third-order valence-electron chi connectivity index (χ3n) is 3.61. The van der Waals surface area contributed by atoms with Crippen molar-refractivity contribution in [3.8, 4) is 0 Å². The molecular formula is C18H19Cl3N2O3S2. The van der Waals surface area contributed by atoms with Crippen molar-refractivity contribution in [1.29, 1.82) is 0 Å². The zero-order chi connectivity index (χ0) is 20.7. The van der Waals surface area contributed by atoms with Crippen LogP contribution in [-0.4, -0.2) is 39.4 Å². The molecule has 0 aliphatic rings. The van der Waals surface area contributed by atoms with Crippen LogP contribution in [-0.2, 0) is 14.8 Å². The van der Waals surface area contributed by atoms with Crippen molar-refractivity contribution in [3.05, 3.63) is 57.5 Å². The van der Waals surface area contributed by atoms with Crippen LogP contribution >= 0.6 is 46.6 Å². The van der Waals surface area contributed by atoms with E-state index in [4.69, 9.17) is 34.8 Å². The third-order valence-corrected chi connectivity index (χ3v) is 6.90. The number of hydrogen-bond acceptors (Lipinski definition) is 4. The van der Waals surface area contributed by atoms with Crippen molar-refractivity contribution >= 4 is 68.2 Å². The van der Waals surface area contributed by atoms with E-state index < -0.39 is 15.9 Å². The van der Waals surface area contributed by atoms with Crippen LogP contribution in [0.15, 0.2) is 47.4 Å². The number of amides is 1. The molecule has 0 saturated carbocycles. The summed E-state index contributed by atoms with van der Waals surface area (Å²) in [5.41, 5.74) is 0.171. The quantitative estimate of drug-likeness (QED) is 0.416. The Morgan fingerprint density at radius 3 is 2.43 bits per heavy atom. The fourth-order valence-electron chi connectivity index (χ4n) is 2.27. The van der Waals surface area contributed by atoms with Crippen molar-refractivity contribution in [2.24, 2.45) is 0 Å². The van der Waals surface area contributed by atoms with Gasteiger partial charge in [0.25, 0.3) is 0 Å². The molecule has 0 fully saturated rings. The van der Waals surface area contributed by atoms with E-state index in [9.17, 15) is 13.2 Å². The molecule has 10 heteroatoms. The third kappa shape index (κ3) is 7.04. The number of carbonyl (C=O) groups excluding carboxylic acids is 1. The summed E-state index contributed by atoms with van der Waals surface area (Å²) in [6.07, 6.45) is 1.75. The standard InChI is InChI=1S/C18H19Cl3N2O3S2/c1-28(25,26)23(16-5-2-4-15(20)18(16)21)12-17(24)22-10-3-11-27-14-8-6-13(19)7-9-14/h2,4-9H,3,10-12H2,1H3,(H,22,24). The Morgan fingerprint density at radius 2 is 1.79 bits per heavy atom. The molecule has 0 aromatic heterocycles. The van der Waals surface area contributed by atoms with Crippen LogP contribution in [0.3, 0.4) is 0 Å². The van der Waals surface area contributed by atoms with Crippen molar-refractivity contribution in [3.63, 3.8) is 0 Å². The lowest BCUT2D eigenvalue weighted by Crippen LogP contribution is -2.40. The number of thioether (sulfide) groups is 1. The van der Waals surface area contributed by atoms with E-state index in [1.165, 1.54) is 6.07 Å². The van der Waals surface area contributed by atoms with Gasteiger partial charge in [-0.1, -0.05) is 40.9 Å². The summed E-state index contributed by atoms with van der Waals surface area (Å²) in [6.45, 7) is 0.0591. The normalized spacial score (nSPS) is 11.3. The van der Waals surface area contributed by atoms with E-state index in [0.29, 0.717) is 11.6 Å². The molecule has 0 heterocycles. The van der Waals surface area contributed by atoms with Gasteiger partial charge in [0, 0.05) is 16.5 Å². The van der Waals surface area contributed by atoms with Gasteiger partial charge in [-0.2, -0.15) is 0 Å². The zero-order valence-corrected chi connectivity index (χ0v) is 18.9. The second-order valence-electron chi connectivity index (χ2n) is 5.85. The molecule has 0 saturated heterocycles. The van der Waals surface area contributed by atoms with Gasteiger partial charge in [-0.25, -0.2) is 8.42 Å². The van der Waals surface area contributed by atoms with E-state index in [-0.39, 0.29) is 22.3 Å². The first-order valence-corrected chi connectivity index (χ1v) is 12.2. The summed E-state index contributed by atoms with van der Waals surface area (Å²) in [6, 6.07) is 12.2. The van der Waals surface area contributed by atoms with Gasteiger partial charge in [0.1, 0.15) is 6.54 Å². The molecule has 0 radical (unpaired) electrons. The molecule has 5 nitrogen and oxygen atoms in total. The fourth-order valence-corrected chi connectivity index (χ4v) is 4.56. The number of nitrogens with zero attached hydrogens (tertiary/aromatic N) is 1. The Morgan fingerprint density at radius 1 is 1.11 bits per heavy atom. The van der Waals surface area contributed by atoms with Gasteiger partial charge in [-0.3, -0.25) is 9.10 Å². The van der Waals surface area contributed by atoms with E-state index in [0.717, 1.165) is 27.6 Å². The Bertz CT molecular complexity index is 922. The lowest BCUT2D eigenvalue weighted by molar-refractivity contribution is -0.119. The van der Waals surface area contributed by atoms with Gasteiger partial charge >= 0.3 is 0 Å². The van der Waals surface area contributed by atoms with Gasteiger partial charge in [-0.15, -0.1) is 11.8 Å². The number of rotatable bonds is 9. The summed E-state index contributed by atoms with van der Waals surface area (Å²) >= 11 is 19.6.